The number of aromatic nitrogens is 1. The maximum Gasteiger partial charge on any atom is 0.320 e. The molecule has 5 nitrogen and oxygen atoms in total. The van der Waals surface area contributed by atoms with E-state index in [9.17, 15) is 9.18 Å². The van der Waals surface area contributed by atoms with Crippen LogP contribution in [0.2, 0.25) is 0 Å². The third kappa shape index (κ3) is 3.54. The lowest BCUT2D eigenvalue weighted by atomic mass is 9.89. The summed E-state index contributed by atoms with van der Waals surface area (Å²) in [6.07, 6.45) is 3.69. The molecule has 0 N–H and O–H groups in total. The molecule has 0 radical (unpaired) electrons. The van der Waals surface area contributed by atoms with Gasteiger partial charge in [-0.1, -0.05) is 18.2 Å². The second-order valence-corrected chi connectivity index (χ2v) is 7.81. The Labute approximate surface area is 159 Å². The molecule has 4 rings (SSSR count). The van der Waals surface area contributed by atoms with E-state index in [2.05, 4.69) is 16.0 Å². The normalized spacial score (nSPS) is 24.9. The minimum atomic E-state index is -0.251. The fourth-order valence-corrected chi connectivity index (χ4v) is 4.59. The molecule has 2 aromatic rings. The van der Waals surface area contributed by atoms with Gasteiger partial charge in [0.05, 0.1) is 6.04 Å². The predicted octanol–water partition coefficient (Wildman–Crippen LogP) is 3.01. The summed E-state index contributed by atoms with van der Waals surface area (Å²) in [6.45, 7) is 3.42. The van der Waals surface area contributed by atoms with Gasteiger partial charge >= 0.3 is 6.03 Å². The van der Waals surface area contributed by atoms with Crippen LogP contribution in [0.1, 0.15) is 17.2 Å². The van der Waals surface area contributed by atoms with Crippen molar-refractivity contribution in [1.29, 1.82) is 0 Å². The molecule has 3 heterocycles. The van der Waals surface area contributed by atoms with E-state index < -0.39 is 0 Å². The summed E-state index contributed by atoms with van der Waals surface area (Å²) in [7, 11) is 3.54. The summed E-state index contributed by atoms with van der Waals surface area (Å²) in [6, 6.07) is 10.7. The van der Waals surface area contributed by atoms with Gasteiger partial charge < -0.3 is 9.80 Å². The Morgan fingerprint density at radius 3 is 2.78 bits per heavy atom. The first-order valence-electron chi connectivity index (χ1n) is 9.37. The number of carbonyl (C=O) groups excluding carboxylic acids is 1. The summed E-state index contributed by atoms with van der Waals surface area (Å²) in [5.74, 6) is 0.463. The largest absolute Gasteiger partial charge is 0.331 e. The molecule has 2 fully saturated rings. The van der Waals surface area contributed by atoms with E-state index in [0.29, 0.717) is 18.4 Å². The van der Waals surface area contributed by atoms with Gasteiger partial charge in [-0.3, -0.25) is 9.88 Å². The molecule has 0 bridgehead atoms. The van der Waals surface area contributed by atoms with E-state index in [4.69, 9.17) is 0 Å². The van der Waals surface area contributed by atoms with Crippen LogP contribution in [0.4, 0.5) is 9.18 Å². The molecule has 2 aliphatic heterocycles. The first kappa shape index (κ1) is 17.9. The van der Waals surface area contributed by atoms with Gasteiger partial charge in [-0.15, -0.1) is 0 Å². The van der Waals surface area contributed by atoms with Crippen molar-refractivity contribution in [3.8, 4) is 0 Å². The number of carbonyl (C=O) groups is 1. The first-order chi connectivity index (χ1) is 13.0. The van der Waals surface area contributed by atoms with Crippen molar-refractivity contribution >= 4 is 6.03 Å². The highest BCUT2D eigenvalue weighted by molar-refractivity contribution is 5.75. The van der Waals surface area contributed by atoms with Crippen LogP contribution in [0, 0.1) is 17.7 Å². The Kier molecular flexibility index (Phi) is 4.83. The van der Waals surface area contributed by atoms with Crippen molar-refractivity contribution in [2.24, 2.45) is 11.8 Å². The fraction of sp³-hybridized carbons (Fsp3) is 0.429. The first-order valence-corrected chi connectivity index (χ1v) is 9.37. The van der Waals surface area contributed by atoms with Gasteiger partial charge in [-0.25, -0.2) is 9.18 Å². The number of hydrogen-bond donors (Lipinski definition) is 0. The molecular weight excluding hydrogens is 343 g/mol. The second kappa shape index (κ2) is 7.27. The summed E-state index contributed by atoms with van der Waals surface area (Å²) < 4.78 is 13.9. The number of hydrogen-bond acceptors (Lipinski definition) is 3. The number of halogens is 1. The number of likely N-dealkylation sites (tertiary alicyclic amines) is 2. The summed E-state index contributed by atoms with van der Waals surface area (Å²) in [4.78, 5) is 22.9. The van der Waals surface area contributed by atoms with Gasteiger partial charge in [0.25, 0.3) is 0 Å². The third-order valence-corrected chi connectivity index (χ3v) is 5.69. The Morgan fingerprint density at radius 2 is 2.07 bits per heavy atom. The van der Waals surface area contributed by atoms with Crippen LogP contribution in [0.5, 0.6) is 0 Å². The lowest BCUT2D eigenvalue weighted by Gasteiger charge is -2.32. The molecule has 3 atom stereocenters. The molecule has 1 aromatic heterocycles. The number of rotatable bonds is 3. The van der Waals surface area contributed by atoms with Crippen molar-refractivity contribution in [1.82, 2.24) is 19.7 Å². The van der Waals surface area contributed by atoms with Gasteiger partial charge in [0.1, 0.15) is 5.82 Å². The number of amides is 2. The second-order valence-electron chi connectivity index (χ2n) is 7.81. The van der Waals surface area contributed by atoms with Crippen LogP contribution < -0.4 is 0 Å². The highest BCUT2D eigenvalue weighted by Crippen LogP contribution is 2.45. The highest BCUT2D eigenvalue weighted by Gasteiger charge is 2.49. The zero-order valence-electron chi connectivity index (χ0n) is 15.8. The molecule has 0 aliphatic carbocycles. The van der Waals surface area contributed by atoms with E-state index in [1.54, 1.807) is 37.3 Å². The smallest absolute Gasteiger partial charge is 0.320 e. The van der Waals surface area contributed by atoms with Crippen molar-refractivity contribution in [3.63, 3.8) is 0 Å². The number of nitrogens with zero attached hydrogens (tertiary/aromatic N) is 4. The summed E-state index contributed by atoms with van der Waals surface area (Å²) in [5, 5.41) is 0. The fourth-order valence-electron chi connectivity index (χ4n) is 4.59. The molecule has 142 valence electrons. The molecule has 1 aromatic carbocycles. The molecule has 6 heteroatoms. The van der Waals surface area contributed by atoms with Gasteiger partial charge in [0, 0.05) is 58.6 Å². The van der Waals surface area contributed by atoms with Crippen LogP contribution >= 0.6 is 0 Å². The van der Waals surface area contributed by atoms with Crippen molar-refractivity contribution < 1.29 is 9.18 Å². The van der Waals surface area contributed by atoms with E-state index in [1.807, 2.05) is 23.2 Å². The number of benzene rings is 1. The molecule has 0 unspecified atom stereocenters. The van der Waals surface area contributed by atoms with E-state index >= 15 is 0 Å². The van der Waals surface area contributed by atoms with Gasteiger partial charge in [0.15, 0.2) is 0 Å². The maximum atomic E-state index is 13.9. The molecule has 2 saturated heterocycles. The molecule has 0 spiro atoms. The highest BCUT2D eigenvalue weighted by atomic mass is 19.1. The number of urea groups is 1. The summed E-state index contributed by atoms with van der Waals surface area (Å²) >= 11 is 0. The van der Waals surface area contributed by atoms with Crippen LogP contribution in [-0.4, -0.2) is 59.4 Å². The molecule has 27 heavy (non-hydrogen) atoms. The summed E-state index contributed by atoms with van der Waals surface area (Å²) in [5.41, 5.74) is 2.09. The lowest BCUT2D eigenvalue weighted by Crippen LogP contribution is -2.41. The van der Waals surface area contributed by atoms with E-state index in [0.717, 1.165) is 25.2 Å². The maximum absolute atomic E-state index is 13.9. The van der Waals surface area contributed by atoms with Crippen molar-refractivity contribution in [2.75, 3.05) is 33.7 Å². The van der Waals surface area contributed by atoms with E-state index in [-0.39, 0.29) is 17.9 Å². The zero-order valence-corrected chi connectivity index (χ0v) is 15.8. The van der Waals surface area contributed by atoms with Gasteiger partial charge in [-0.05, 0) is 35.2 Å². The van der Waals surface area contributed by atoms with Crippen LogP contribution in [0.3, 0.4) is 0 Å². The standard InChI is InChI=1S/C21H25FN4O/c1-24(2)21(27)26-13-17-12-25(11-15-5-4-8-23-10-15)14-19(17)20(26)16-6-3-7-18(22)9-16/h3-10,17,19-20H,11-14H2,1-2H3/t17-,19-,20-/m1/s1. The average molecular weight is 368 g/mol. The Hall–Kier alpha value is -2.47. The quantitative estimate of drug-likeness (QED) is 0.836. The minimum absolute atomic E-state index is 0.00234. The number of fused-ring (bicyclic) bond motifs is 1. The van der Waals surface area contributed by atoms with Crippen molar-refractivity contribution in [3.05, 3.63) is 65.7 Å². The van der Waals surface area contributed by atoms with Crippen molar-refractivity contribution in [2.45, 2.75) is 12.6 Å². The van der Waals surface area contributed by atoms with Gasteiger partial charge in [-0.2, -0.15) is 0 Å². The minimum Gasteiger partial charge on any atom is -0.331 e. The zero-order chi connectivity index (χ0) is 19.0. The Balaban J connectivity index is 1.58. The average Bonchev–Trinajstić information content (AvgIpc) is 3.18. The molecule has 2 aliphatic rings. The monoisotopic (exact) mass is 368 g/mol. The van der Waals surface area contributed by atoms with Crippen LogP contribution in [0.25, 0.3) is 0 Å². The van der Waals surface area contributed by atoms with Crippen LogP contribution in [-0.2, 0) is 6.54 Å². The van der Waals surface area contributed by atoms with E-state index in [1.165, 1.54) is 11.6 Å². The van der Waals surface area contributed by atoms with Crippen LogP contribution in [0.15, 0.2) is 48.8 Å². The Morgan fingerprint density at radius 1 is 1.22 bits per heavy atom. The molecular formula is C21H25FN4O. The van der Waals surface area contributed by atoms with Gasteiger partial charge in [0.2, 0.25) is 0 Å². The Bertz CT molecular complexity index is 813. The molecule has 2 amide bonds. The SMILES string of the molecule is CN(C)C(=O)N1C[C@H]2CN(Cc3cccnc3)C[C@H]2[C@H]1c1cccc(F)c1. The topological polar surface area (TPSA) is 39.7 Å². The predicted molar refractivity (Wildman–Crippen MR) is 101 cm³/mol. The third-order valence-electron chi connectivity index (χ3n) is 5.69. The lowest BCUT2D eigenvalue weighted by molar-refractivity contribution is 0.151. The number of pyridine rings is 1. The molecule has 0 saturated carbocycles.